The van der Waals surface area contributed by atoms with Crippen LogP contribution in [0, 0.1) is 17.3 Å². The summed E-state index contributed by atoms with van der Waals surface area (Å²) in [5.41, 5.74) is 2.12. The Balaban J connectivity index is 1.49. The van der Waals surface area contributed by atoms with Crippen LogP contribution in [0.1, 0.15) is 113 Å². The number of H-pyrrole nitrogens is 1. The lowest BCUT2D eigenvalue weighted by atomic mass is 9.67. The summed E-state index contributed by atoms with van der Waals surface area (Å²) >= 11 is 12.8. The summed E-state index contributed by atoms with van der Waals surface area (Å²) in [5.74, 6) is 1.07. The molecule has 1 atom stereocenters. The second-order valence-corrected chi connectivity index (χ2v) is 14.4. The number of hydrogen-bond acceptors (Lipinski definition) is 6. The molecule has 2 aliphatic rings. The zero-order chi connectivity index (χ0) is 32.4. The van der Waals surface area contributed by atoms with Crippen molar-refractivity contribution in [2.75, 3.05) is 0 Å². The topological polar surface area (TPSA) is 116 Å². The van der Waals surface area contributed by atoms with Crippen molar-refractivity contribution in [2.24, 2.45) is 22.2 Å². The molecule has 2 N–H and O–H groups in total. The Bertz CT molecular complexity index is 1510. The van der Waals surface area contributed by atoms with Crippen molar-refractivity contribution in [1.29, 1.82) is 0 Å². The van der Waals surface area contributed by atoms with Gasteiger partial charge < -0.3 is 10.2 Å². The molecule has 1 aliphatic heterocycles. The predicted octanol–water partition coefficient (Wildman–Crippen LogP) is 7.57. The first-order chi connectivity index (χ1) is 21.4. The lowest BCUT2D eigenvalue weighted by Crippen LogP contribution is -2.51. The van der Waals surface area contributed by atoms with E-state index >= 15 is 0 Å². The third-order valence-corrected chi connectivity index (χ3v) is 10.2. The third kappa shape index (κ3) is 7.25. The van der Waals surface area contributed by atoms with E-state index in [1.807, 2.05) is 24.3 Å². The van der Waals surface area contributed by atoms with Crippen LogP contribution in [0.5, 0.6) is 0 Å². The second-order valence-electron chi connectivity index (χ2n) is 13.5. The molecule has 0 saturated heterocycles. The van der Waals surface area contributed by atoms with Gasteiger partial charge in [-0.1, -0.05) is 81.6 Å². The Morgan fingerprint density at radius 3 is 2.33 bits per heavy atom. The molecule has 2 heterocycles. The standard InChI is InChI=1S/C34H43Cl2N7O2/c1-6-33(4,5)25-13-15-34(16-14-25)38-30(24-17-26(35)19-27(36)18-24)32(45)43(34)28(12-7-21(2)3)22-8-10-23(11-9-22)31(44)37-20-29-39-41-42-40-29/h8-11,17-19,21,25,28H,6-7,12-16,20H2,1-5H3,(H,37,44)(H,39,40,41,42)/t25?,28-,34?/m1/s1. The van der Waals surface area contributed by atoms with Crippen LogP contribution in [0.25, 0.3) is 0 Å². The maximum atomic E-state index is 14.6. The fourth-order valence-corrected chi connectivity index (χ4v) is 7.26. The number of hydrogen-bond donors (Lipinski definition) is 2. The number of carbonyl (C=O) groups excluding carboxylic acids is 2. The first kappa shape index (κ1) is 33.1. The second kappa shape index (κ2) is 13.6. The Morgan fingerprint density at radius 2 is 1.76 bits per heavy atom. The molecule has 0 radical (unpaired) electrons. The van der Waals surface area contributed by atoms with Crippen molar-refractivity contribution in [3.05, 3.63) is 75.0 Å². The normalized spacial score (nSPS) is 21.0. The molecular formula is C34H43Cl2N7O2. The number of aromatic amines is 1. The molecule has 2 amide bonds. The van der Waals surface area contributed by atoms with E-state index in [9.17, 15) is 9.59 Å². The Hall–Kier alpha value is -3.30. The number of aromatic nitrogens is 4. The van der Waals surface area contributed by atoms with Crippen LogP contribution in [0.15, 0.2) is 47.5 Å². The summed E-state index contributed by atoms with van der Waals surface area (Å²) in [5, 5.41) is 17.4. The van der Waals surface area contributed by atoms with E-state index in [0.29, 0.717) is 44.5 Å². The molecule has 9 nitrogen and oxygen atoms in total. The highest BCUT2D eigenvalue weighted by atomic mass is 35.5. The maximum absolute atomic E-state index is 14.6. The molecule has 11 heteroatoms. The van der Waals surface area contributed by atoms with Gasteiger partial charge in [0.2, 0.25) is 0 Å². The lowest BCUT2D eigenvalue weighted by molar-refractivity contribution is -0.134. The number of nitrogens with one attached hydrogen (secondary N) is 2. The number of aliphatic imine (C=N–C) groups is 1. The Morgan fingerprint density at radius 1 is 1.09 bits per heavy atom. The van der Waals surface area contributed by atoms with E-state index in [-0.39, 0.29) is 29.8 Å². The molecule has 1 aliphatic carbocycles. The molecule has 1 aromatic heterocycles. The number of carbonyl (C=O) groups is 2. The van der Waals surface area contributed by atoms with Gasteiger partial charge in [0, 0.05) is 21.2 Å². The number of rotatable bonds is 11. The van der Waals surface area contributed by atoms with Gasteiger partial charge in [-0.25, -0.2) is 0 Å². The monoisotopic (exact) mass is 651 g/mol. The quantitative estimate of drug-likeness (QED) is 0.222. The highest BCUT2D eigenvalue weighted by molar-refractivity contribution is 6.47. The molecule has 5 rings (SSSR count). The highest BCUT2D eigenvalue weighted by Crippen LogP contribution is 2.51. The molecule has 1 fully saturated rings. The van der Waals surface area contributed by atoms with Crippen molar-refractivity contribution >= 4 is 40.7 Å². The summed E-state index contributed by atoms with van der Waals surface area (Å²) < 4.78 is 0. The first-order valence-electron chi connectivity index (χ1n) is 15.9. The fourth-order valence-electron chi connectivity index (χ4n) is 6.74. The van der Waals surface area contributed by atoms with Crippen LogP contribution in [0.4, 0.5) is 0 Å². The van der Waals surface area contributed by atoms with Crippen molar-refractivity contribution in [3.8, 4) is 0 Å². The van der Waals surface area contributed by atoms with Gasteiger partial charge in [0.15, 0.2) is 5.82 Å². The molecule has 240 valence electrons. The van der Waals surface area contributed by atoms with Crippen molar-refractivity contribution in [2.45, 2.75) is 97.8 Å². The zero-order valence-corrected chi connectivity index (χ0v) is 28.3. The average Bonchev–Trinajstić information content (AvgIpc) is 3.63. The summed E-state index contributed by atoms with van der Waals surface area (Å²) in [6.45, 7) is 11.5. The molecular weight excluding hydrogens is 609 g/mol. The van der Waals surface area contributed by atoms with Gasteiger partial charge >= 0.3 is 0 Å². The molecule has 3 aromatic rings. The van der Waals surface area contributed by atoms with E-state index in [1.54, 1.807) is 18.2 Å². The van der Waals surface area contributed by atoms with Crippen LogP contribution >= 0.6 is 23.2 Å². The number of halogens is 2. The third-order valence-electron chi connectivity index (χ3n) is 9.81. The van der Waals surface area contributed by atoms with Gasteiger partial charge in [0.25, 0.3) is 11.8 Å². The molecule has 1 saturated carbocycles. The molecule has 2 aromatic carbocycles. The lowest BCUT2D eigenvalue weighted by Gasteiger charge is -2.48. The summed E-state index contributed by atoms with van der Waals surface area (Å²) in [7, 11) is 0. The largest absolute Gasteiger partial charge is 0.345 e. The minimum atomic E-state index is -0.663. The van der Waals surface area contributed by atoms with E-state index in [1.165, 1.54) is 0 Å². The Labute approximate surface area is 275 Å². The van der Waals surface area contributed by atoms with E-state index in [0.717, 1.165) is 50.5 Å². The summed E-state index contributed by atoms with van der Waals surface area (Å²) in [6.07, 6.45) is 6.38. The fraction of sp³-hybridized carbons (Fsp3) is 0.529. The first-order valence-corrected chi connectivity index (χ1v) is 16.7. The smallest absolute Gasteiger partial charge is 0.275 e. The molecule has 0 bridgehead atoms. The van der Waals surface area contributed by atoms with Gasteiger partial charge in [-0.05, 0) is 91.7 Å². The minimum absolute atomic E-state index is 0.0998. The van der Waals surface area contributed by atoms with Gasteiger partial charge in [-0.15, -0.1) is 10.2 Å². The van der Waals surface area contributed by atoms with Crippen molar-refractivity contribution < 1.29 is 9.59 Å². The molecule has 0 unspecified atom stereocenters. The van der Waals surface area contributed by atoms with Crippen LogP contribution < -0.4 is 5.32 Å². The summed E-state index contributed by atoms with van der Waals surface area (Å²) in [6, 6.07) is 12.6. The number of amides is 2. The van der Waals surface area contributed by atoms with Crippen LogP contribution in [-0.4, -0.2) is 48.7 Å². The molecule has 45 heavy (non-hydrogen) atoms. The zero-order valence-electron chi connectivity index (χ0n) is 26.7. The van der Waals surface area contributed by atoms with Crippen LogP contribution in [-0.2, 0) is 11.3 Å². The van der Waals surface area contributed by atoms with Crippen LogP contribution in [0.2, 0.25) is 10.0 Å². The number of tetrazole rings is 1. The van der Waals surface area contributed by atoms with Gasteiger partial charge in [-0.3, -0.25) is 14.6 Å². The molecule has 1 spiro atoms. The SMILES string of the molecule is CCC(C)(C)C1CCC2(CC1)N=C(c1cc(Cl)cc(Cl)c1)C(=O)N2[C@H](CCC(C)C)c1ccc(C(=O)NCc2nn[nH]n2)cc1. The van der Waals surface area contributed by atoms with E-state index < -0.39 is 5.66 Å². The van der Waals surface area contributed by atoms with Crippen molar-refractivity contribution in [3.63, 3.8) is 0 Å². The predicted molar refractivity (Wildman–Crippen MR) is 177 cm³/mol. The van der Waals surface area contributed by atoms with Gasteiger partial charge in [0.05, 0.1) is 12.6 Å². The number of benzene rings is 2. The van der Waals surface area contributed by atoms with Crippen molar-refractivity contribution in [1.82, 2.24) is 30.8 Å². The number of nitrogens with zero attached hydrogens (tertiary/aromatic N) is 5. The Kier molecular flexibility index (Phi) is 9.99. The average molecular weight is 653 g/mol. The maximum Gasteiger partial charge on any atom is 0.275 e. The minimum Gasteiger partial charge on any atom is -0.345 e. The highest BCUT2D eigenvalue weighted by Gasteiger charge is 2.53. The van der Waals surface area contributed by atoms with Gasteiger partial charge in [0.1, 0.15) is 11.4 Å². The summed E-state index contributed by atoms with van der Waals surface area (Å²) in [4.78, 5) is 34.8. The van der Waals surface area contributed by atoms with E-state index in [2.05, 4.69) is 65.5 Å². The van der Waals surface area contributed by atoms with Crippen LogP contribution in [0.3, 0.4) is 0 Å². The van der Waals surface area contributed by atoms with Gasteiger partial charge in [-0.2, -0.15) is 5.21 Å². The van der Waals surface area contributed by atoms with E-state index in [4.69, 9.17) is 28.2 Å².